The Bertz CT molecular complexity index is 467. The van der Waals surface area contributed by atoms with E-state index in [0.29, 0.717) is 6.42 Å². The van der Waals surface area contributed by atoms with Crippen molar-refractivity contribution in [3.63, 3.8) is 0 Å². The molecule has 3 N–H and O–H groups in total. The van der Waals surface area contributed by atoms with Gasteiger partial charge in [-0.05, 0) is 30.5 Å². The van der Waals surface area contributed by atoms with Gasteiger partial charge in [-0.2, -0.15) is 5.26 Å². The van der Waals surface area contributed by atoms with Crippen molar-refractivity contribution in [1.82, 2.24) is 0 Å². The van der Waals surface area contributed by atoms with Gasteiger partial charge in [0.25, 0.3) is 0 Å². The van der Waals surface area contributed by atoms with Crippen LogP contribution in [-0.4, -0.2) is 11.4 Å². The minimum Gasteiger partial charge on any atom is -0.324 e. The van der Waals surface area contributed by atoms with Gasteiger partial charge in [-0.25, -0.2) is 0 Å². The van der Waals surface area contributed by atoms with Gasteiger partial charge in [0.15, 0.2) is 0 Å². The number of anilines is 1. The Balaban J connectivity index is 2.01. The quantitative estimate of drug-likeness (QED) is 0.851. The lowest BCUT2D eigenvalue weighted by atomic mass is 9.98. The molecule has 1 amide bonds. The molecule has 0 aliphatic heterocycles. The monoisotopic (exact) mass is 243 g/mol. The van der Waals surface area contributed by atoms with Gasteiger partial charge < -0.3 is 11.1 Å². The molecule has 4 heteroatoms. The Morgan fingerprint density at radius 1 is 1.33 bits per heavy atom. The van der Waals surface area contributed by atoms with Crippen LogP contribution in [0.5, 0.6) is 0 Å². The third-order valence-corrected chi connectivity index (χ3v) is 3.44. The normalized spacial score (nSPS) is 17.1. The topological polar surface area (TPSA) is 78.9 Å². The van der Waals surface area contributed by atoms with E-state index >= 15 is 0 Å². The van der Waals surface area contributed by atoms with Crippen LogP contribution in [0.4, 0.5) is 5.69 Å². The fraction of sp³-hybridized carbons (Fsp3) is 0.429. The third kappa shape index (κ3) is 2.69. The predicted molar refractivity (Wildman–Crippen MR) is 69.8 cm³/mol. The second-order valence-electron chi connectivity index (χ2n) is 4.85. The summed E-state index contributed by atoms with van der Waals surface area (Å²) >= 11 is 0. The molecule has 1 aliphatic carbocycles. The van der Waals surface area contributed by atoms with Crippen molar-refractivity contribution in [1.29, 1.82) is 5.26 Å². The fourth-order valence-corrected chi connectivity index (χ4v) is 2.29. The van der Waals surface area contributed by atoms with Gasteiger partial charge in [0.05, 0.1) is 18.0 Å². The van der Waals surface area contributed by atoms with E-state index in [1.807, 2.05) is 24.3 Å². The van der Waals surface area contributed by atoms with Crippen molar-refractivity contribution in [2.24, 2.45) is 5.73 Å². The predicted octanol–water partition coefficient (Wildman–Crippen LogP) is 1.96. The van der Waals surface area contributed by atoms with Crippen LogP contribution < -0.4 is 11.1 Å². The lowest BCUT2D eigenvalue weighted by Crippen LogP contribution is -2.48. The highest BCUT2D eigenvalue weighted by Gasteiger charge is 2.36. The first-order valence-electron chi connectivity index (χ1n) is 6.20. The van der Waals surface area contributed by atoms with E-state index in [1.165, 1.54) is 0 Å². The van der Waals surface area contributed by atoms with Crippen LogP contribution in [0.2, 0.25) is 0 Å². The molecule has 1 aliphatic rings. The summed E-state index contributed by atoms with van der Waals surface area (Å²) in [6.07, 6.45) is 3.93. The fourth-order valence-electron chi connectivity index (χ4n) is 2.29. The second-order valence-corrected chi connectivity index (χ2v) is 4.85. The third-order valence-electron chi connectivity index (χ3n) is 3.44. The first-order chi connectivity index (χ1) is 8.64. The summed E-state index contributed by atoms with van der Waals surface area (Å²) in [7, 11) is 0. The molecule has 0 aromatic heterocycles. The molecule has 1 fully saturated rings. The molecular weight excluding hydrogens is 226 g/mol. The number of nitrogens with zero attached hydrogens (tertiary/aromatic N) is 1. The summed E-state index contributed by atoms with van der Waals surface area (Å²) in [6, 6.07) is 9.39. The van der Waals surface area contributed by atoms with Crippen molar-refractivity contribution >= 4 is 11.6 Å². The molecule has 0 saturated heterocycles. The zero-order valence-electron chi connectivity index (χ0n) is 10.3. The second kappa shape index (κ2) is 5.19. The number of rotatable bonds is 3. The largest absolute Gasteiger partial charge is 0.324 e. The minimum absolute atomic E-state index is 0.104. The SMILES string of the molecule is N#CCc1ccc(NC(=O)C2(N)CCCC2)cc1. The number of carbonyl (C=O) groups excluding carboxylic acids is 1. The van der Waals surface area contributed by atoms with Crippen LogP contribution in [0.3, 0.4) is 0 Å². The number of benzene rings is 1. The van der Waals surface area contributed by atoms with E-state index in [2.05, 4.69) is 11.4 Å². The molecule has 0 spiro atoms. The van der Waals surface area contributed by atoms with Gasteiger partial charge in [0.1, 0.15) is 0 Å². The molecule has 94 valence electrons. The number of nitriles is 1. The first-order valence-corrected chi connectivity index (χ1v) is 6.20. The molecule has 0 unspecified atom stereocenters. The molecular formula is C14H17N3O. The Morgan fingerprint density at radius 2 is 1.94 bits per heavy atom. The Morgan fingerprint density at radius 3 is 2.50 bits per heavy atom. The average molecular weight is 243 g/mol. The standard InChI is InChI=1S/C14H17N3O/c15-10-7-11-3-5-12(6-4-11)17-13(18)14(16)8-1-2-9-14/h3-6H,1-2,7-9,16H2,(H,17,18). The number of carbonyl (C=O) groups is 1. The molecule has 0 radical (unpaired) electrons. The van der Waals surface area contributed by atoms with E-state index in [1.54, 1.807) is 0 Å². The van der Waals surface area contributed by atoms with Gasteiger partial charge in [-0.1, -0.05) is 25.0 Å². The maximum atomic E-state index is 12.1. The summed E-state index contributed by atoms with van der Waals surface area (Å²) in [5.74, 6) is -0.104. The maximum Gasteiger partial charge on any atom is 0.244 e. The highest BCUT2D eigenvalue weighted by Crippen LogP contribution is 2.28. The summed E-state index contributed by atoms with van der Waals surface area (Å²) in [5.41, 5.74) is 7.05. The van der Waals surface area contributed by atoms with Gasteiger partial charge in [0.2, 0.25) is 5.91 Å². The lowest BCUT2D eigenvalue weighted by molar-refractivity contribution is -0.121. The average Bonchev–Trinajstić information content (AvgIpc) is 2.80. The zero-order valence-corrected chi connectivity index (χ0v) is 10.3. The van der Waals surface area contributed by atoms with Crippen molar-refractivity contribution in [3.05, 3.63) is 29.8 Å². The molecule has 1 saturated carbocycles. The summed E-state index contributed by atoms with van der Waals surface area (Å²) in [4.78, 5) is 12.1. The smallest absolute Gasteiger partial charge is 0.244 e. The molecule has 18 heavy (non-hydrogen) atoms. The number of nitrogens with one attached hydrogen (secondary N) is 1. The van der Waals surface area contributed by atoms with Crippen LogP contribution in [-0.2, 0) is 11.2 Å². The molecule has 0 atom stereocenters. The molecule has 0 heterocycles. The highest BCUT2D eigenvalue weighted by molar-refractivity contribution is 5.98. The van der Waals surface area contributed by atoms with E-state index in [9.17, 15) is 4.79 Å². The Labute approximate surface area is 107 Å². The molecule has 1 aromatic carbocycles. The number of hydrogen-bond acceptors (Lipinski definition) is 3. The molecule has 2 rings (SSSR count). The van der Waals surface area contributed by atoms with E-state index in [4.69, 9.17) is 11.0 Å². The van der Waals surface area contributed by atoms with Crippen LogP contribution in [0, 0.1) is 11.3 Å². The Kier molecular flexibility index (Phi) is 3.63. The van der Waals surface area contributed by atoms with Crippen LogP contribution in [0.1, 0.15) is 31.2 Å². The van der Waals surface area contributed by atoms with Crippen LogP contribution in [0.15, 0.2) is 24.3 Å². The van der Waals surface area contributed by atoms with Crippen LogP contribution in [0.25, 0.3) is 0 Å². The summed E-state index contributed by atoms with van der Waals surface area (Å²) < 4.78 is 0. The van der Waals surface area contributed by atoms with Gasteiger partial charge in [-0.3, -0.25) is 4.79 Å². The van der Waals surface area contributed by atoms with Gasteiger partial charge in [0, 0.05) is 5.69 Å². The summed E-state index contributed by atoms with van der Waals surface area (Å²) in [6.45, 7) is 0. The molecule has 1 aromatic rings. The van der Waals surface area contributed by atoms with Gasteiger partial charge >= 0.3 is 0 Å². The minimum atomic E-state index is -0.703. The number of nitrogens with two attached hydrogens (primary N) is 1. The van der Waals surface area contributed by atoms with Crippen LogP contribution >= 0.6 is 0 Å². The highest BCUT2D eigenvalue weighted by atomic mass is 16.2. The van der Waals surface area contributed by atoms with E-state index in [-0.39, 0.29) is 5.91 Å². The van der Waals surface area contributed by atoms with E-state index < -0.39 is 5.54 Å². The first kappa shape index (κ1) is 12.6. The Hall–Kier alpha value is -1.86. The van der Waals surface area contributed by atoms with Crippen molar-refractivity contribution < 1.29 is 4.79 Å². The maximum absolute atomic E-state index is 12.1. The van der Waals surface area contributed by atoms with E-state index in [0.717, 1.165) is 36.9 Å². The lowest BCUT2D eigenvalue weighted by Gasteiger charge is -2.22. The molecule has 4 nitrogen and oxygen atoms in total. The van der Waals surface area contributed by atoms with Crippen molar-refractivity contribution in [2.75, 3.05) is 5.32 Å². The number of hydrogen-bond donors (Lipinski definition) is 2. The molecule has 0 bridgehead atoms. The zero-order chi connectivity index (χ0) is 13.0. The van der Waals surface area contributed by atoms with Gasteiger partial charge in [-0.15, -0.1) is 0 Å². The van der Waals surface area contributed by atoms with Crippen molar-refractivity contribution in [2.45, 2.75) is 37.6 Å². The van der Waals surface area contributed by atoms with Crippen molar-refractivity contribution in [3.8, 4) is 6.07 Å². The number of amides is 1. The summed E-state index contributed by atoms with van der Waals surface area (Å²) in [5, 5.41) is 11.4.